The fourth-order valence-electron chi connectivity index (χ4n) is 1.22. The molecule has 0 radical (unpaired) electrons. The highest BCUT2D eigenvalue weighted by Crippen LogP contribution is 2.20. The average Bonchev–Trinajstić information content (AvgIpc) is 2.68. The minimum atomic E-state index is -0.280. The van der Waals surface area contributed by atoms with Gasteiger partial charge in [0.05, 0.1) is 5.69 Å². The van der Waals surface area contributed by atoms with E-state index in [9.17, 15) is 4.39 Å². The number of rotatable bonds is 2. The maximum atomic E-state index is 12.7. The molecule has 15 heavy (non-hydrogen) atoms. The van der Waals surface area contributed by atoms with E-state index in [1.54, 1.807) is 12.1 Å². The molecule has 0 amide bonds. The Morgan fingerprint density at radius 2 is 2.00 bits per heavy atom. The summed E-state index contributed by atoms with van der Waals surface area (Å²) in [5, 5.41) is 0. The lowest BCUT2D eigenvalue weighted by atomic mass is 10.2. The van der Waals surface area contributed by atoms with Gasteiger partial charge in [-0.1, -0.05) is 0 Å². The number of benzene rings is 1. The summed E-state index contributed by atoms with van der Waals surface area (Å²) in [7, 11) is 0. The van der Waals surface area contributed by atoms with Crippen molar-refractivity contribution in [1.82, 2.24) is 4.98 Å². The highest BCUT2D eigenvalue weighted by molar-refractivity contribution is 5.52. The minimum Gasteiger partial charge on any atom is -0.444 e. The van der Waals surface area contributed by atoms with E-state index in [0.29, 0.717) is 11.6 Å². The predicted octanol–water partition coefficient (Wildman–Crippen LogP) is 2.50. The molecule has 1 aromatic heterocycles. The van der Waals surface area contributed by atoms with Gasteiger partial charge in [-0.05, 0) is 31.2 Å². The summed E-state index contributed by atoms with van der Waals surface area (Å²) in [6.07, 6.45) is 1.52. The molecular formula is C11H11FN2O. The monoisotopic (exact) mass is 206 g/mol. The largest absolute Gasteiger partial charge is 0.444 e. The lowest BCUT2D eigenvalue weighted by molar-refractivity contribution is 0.570. The van der Waals surface area contributed by atoms with Gasteiger partial charge >= 0.3 is 0 Å². The number of hydrogen-bond donors (Lipinski definition) is 1. The Kier molecular flexibility index (Phi) is 2.51. The van der Waals surface area contributed by atoms with E-state index in [1.807, 2.05) is 6.92 Å². The first-order valence-corrected chi connectivity index (χ1v) is 4.64. The number of nitrogens with two attached hydrogens (primary N) is 1. The van der Waals surface area contributed by atoms with E-state index in [4.69, 9.17) is 10.2 Å². The van der Waals surface area contributed by atoms with Gasteiger partial charge in [0.2, 0.25) is 5.89 Å². The third-order valence-corrected chi connectivity index (χ3v) is 2.08. The number of hydrogen-bond acceptors (Lipinski definition) is 3. The topological polar surface area (TPSA) is 52.0 Å². The minimum absolute atomic E-state index is 0.164. The molecule has 2 N–H and O–H groups in total. The van der Waals surface area contributed by atoms with Crippen LogP contribution in [0.15, 0.2) is 34.9 Å². The van der Waals surface area contributed by atoms with Crippen molar-refractivity contribution in [3.05, 3.63) is 42.0 Å². The van der Waals surface area contributed by atoms with Gasteiger partial charge in [-0.25, -0.2) is 9.37 Å². The van der Waals surface area contributed by atoms with Gasteiger partial charge in [0.25, 0.3) is 0 Å². The van der Waals surface area contributed by atoms with Crippen molar-refractivity contribution >= 4 is 0 Å². The van der Waals surface area contributed by atoms with E-state index in [2.05, 4.69) is 4.98 Å². The molecule has 0 spiro atoms. The fourth-order valence-corrected chi connectivity index (χ4v) is 1.22. The Labute approximate surface area is 86.7 Å². The molecule has 0 saturated heterocycles. The highest BCUT2D eigenvalue weighted by atomic mass is 19.1. The molecular weight excluding hydrogens is 195 g/mol. The van der Waals surface area contributed by atoms with Crippen LogP contribution in [0.1, 0.15) is 18.7 Å². The summed E-state index contributed by atoms with van der Waals surface area (Å²) < 4.78 is 17.9. The zero-order chi connectivity index (χ0) is 10.8. The van der Waals surface area contributed by atoms with Gasteiger partial charge in [0, 0.05) is 11.6 Å². The molecule has 1 unspecified atom stereocenters. The van der Waals surface area contributed by atoms with Crippen molar-refractivity contribution in [3.8, 4) is 11.5 Å². The van der Waals surface area contributed by atoms with Gasteiger partial charge in [0.15, 0.2) is 0 Å². The molecule has 1 atom stereocenters. The first-order chi connectivity index (χ1) is 7.16. The molecule has 0 bridgehead atoms. The fraction of sp³-hybridized carbons (Fsp3) is 0.182. The highest BCUT2D eigenvalue weighted by Gasteiger charge is 2.09. The van der Waals surface area contributed by atoms with Crippen molar-refractivity contribution in [2.75, 3.05) is 0 Å². The average molecular weight is 206 g/mol. The molecule has 2 aromatic rings. The molecule has 4 heteroatoms. The molecule has 0 aliphatic rings. The second-order valence-corrected chi connectivity index (χ2v) is 3.37. The van der Waals surface area contributed by atoms with E-state index >= 15 is 0 Å². The van der Waals surface area contributed by atoms with Crippen LogP contribution in [-0.2, 0) is 0 Å². The van der Waals surface area contributed by atoms with Gasteiger partial charge in [-0.2, -0.15) is 0 Å². The van der Waals surface area contributed by atoms with E-state index in [1.165, 1.54) is 18.4 Å². The van der Waals surface area contributed by atoms with Gasteiger partial charge in [-0.15, -0.1) is 0 Å². The molecule has 1 aromatic carbocycles. The standard InChI is InChI=1S/C11H11FN2O/c1-7(13)10-6-15-11(14-10)8-2-4-9(12)5-3-8/h2-7H,13H2,1H3. The lowest BCUT2D eigenvalue weighted by Gasteiger charge is -1.96. The van der Waals surface area contributed by atoms with Crippen LogP contribution in [0.5, 0.6) is 0 Å². The first-order valence-electron chi connectivity index (χ1n) is 4.64. The Balaban J connectivity index is 2.33. The quantitative estimate of drug-likeness (QED) is 0.821. The van der Waals surface area contributed by atoms with Crippen molar-refractivity contribution in [1.29, 1.82) is 0 Å². The Morgan fingerprint density at radius 1 is 1.33 bits per heavy atom. The summed E-state index contributed by atoms with van der Waals surface area (Å²) in [6, 6.07) is 5.80. The third kappa shape index (κ3) is 2.05. The number of halogens is 1. The molecule has 78 valence electrons. The molecule has 0 aliphatic carbocycles. The number of oxazole rings is 1. The summed E-state index contributed by atoms with van der Waals surface area (Å²) in [4.78, 5) is 4.20. The maximum absolute atomic E-state index is 12.7. The van der Waals surface area contributed by atoms with Crippen LogP contribution < -0.4 is 5.73 Å². The van der Waals surface area contributed by atoms with Gasteiger partial charge in [-0.3, -0.25) is 0 Å². The van der Waals surface area contributed by atoms with Crippen molar-refractivity contribution in [3.63, 3.8) is 0 Å². The Morgan fingerprint density at radius 3 is 2.53 bits per heavy atom. The molecule has 0 aliphatic heterocycles. The van der Waals surface area contributed by atoms with Gasteiger partial charge < -0.3 is 10.2 Å². The van der Waals surface area contributed by atoms with Crippen LogP contribution in [0, 0.1) is 5.82 Å². The zero-order valence-electron chi connectivity index (χ0n) is 8.27. The first kappa shape index (κ1) is 9.86. The second-order valence-electron chi connectivity index (χ2n) is 3.37. The number of aromatic nitrogens is 1. The van der Waals surface area contributed by atoms with E-state index in [0.717, 1.165) is 5.56 Å². The van der Waals surface area contributed by atoms with Crippen LogP contribution >= 0.6 is 0 Å². The molecule has 2 rings (SSSR count). The van der Waals surface area contributed by atoms with Crippen LogP contribution in [0.2, 0.25) is 0 Å². The summed E-state index contributed by atoms with van der Waals surface area (Å²) in [6.45, 7) is 1.83. The summed E-state index contributed by atoms with van der Waals surface area (Å²) >= 11 is 0. The lowest BCUT2D eigenvalue weighted by Crippen LogP contribution is -2.04. The van der Waals surface area contributed by atoms with Crippen LogP contribution in [0.3, 0.4) is 0 Å². The maximum Gasteiger partial charge on any atom is 0.226 e. The molecule has 0 fully saturated rings. The molecule has 3 nitrogen and oxygen atoms in total. The molecule has 0 saturated carbocycles. The van der Waals surface area contributed by atoms with Crippen molar-refractivity contribution in [2.45, 2.75) is 13.0 Å². The summed E-state index contributed by atoms with van der Waals surface area (Å²) in [5.74, 6) is 0.181. The van der Waals surface area contributed by atoms with Crippen LogP contribution in [-0.4, -0.2) is 4.98 Å². The van der Waals surface area contributed by atoms with Crippen molar-refractivity contribution in [2.24, 2.45) is 5.73 Å². The second kappa shape index (κ2) is 3.82. The SMILES string of the molecule is CC(N)c1coc(-c2ccc(F)cc2)n1. The van der Waals surface area contributed by atoms with E-state index in [-0.39, 0.29) is 11.9 Å². The Hall–Kier alpha value is -1.68. The van der Waals surface area contributed by atoms with Crippen LogP contribution in [0.25, 0.3) is 11.5 Å². The normalized spacial score (nSPS) is 12.7. The van der Waals surface area contributed by atoms with E-state index < -0.39 is 0 Å². The van der Waals surface area contributed by atoms with Crippen LogP contribution in [0.4, 0.5) is 4.39 Å². The predicted molar refractivity (Wildman–Crippen MR) is 54.5 cm³/mol. The molecule has 1 heterocycles. The smallest absolute Gasteiger partial charge is 0.226 e. The number of nitrogens with zero attached hydrogens (tertiary/aromatic N) is 1. The third-order valence-electron chi connectivity index (χ3n) is 2.08. The zero-order valence-corrected chi connectivity index (χ0v) is 8.27. The summed E-state index contributed by atoms with van der Waals surface area (Å²) in [5.41, 5.74) is 7.08. The van der Waals surface area contributed by atoms with Gasteiger partial charge in [0.1, 0.15) is 12.1 Å². The Bertz CT molecular complexity index is 448. The van der Waals surface area contributed by atoms with Crippen molar-refractivity contribution < 1.29 is 8.81 Å².